The summed E-state index contributed by atoms with van der Waals surface area (Å²) < 4.78 is 7.39. The van der Waals surface area contributed by atoms with Gasteiger partial charge in [-0.05, 0) is 26.0 Å². The Balaban J connectivity index is 2.26. The maximum Gasteiger partial charge on any atom is 0.165 e. The van der Waals surface area contributed by atoms with E-state index in [4.69, 9.17) is 4.74 Å². The highest BCUT2D eigenvalue weighted by Gasteiger charge is 2.06. The lowest BCUT2D eigenvalue weighted by Gasteiger charge is -2.06. The van der Waals surface area contributed by atoms with E-state index in [0.717, 1.165) is 18.4 Å². The predicted octanol–water partition coefficient (Wildman–Crippen LogP) is 2.82. The molecule has 0 aliphatic rings. The van der Waals surface area contributed by atoms with Crippen LogP contribution in [-0.4, -0.2) is 16.1 Å². The van der Waals surface area contributed by atoms with Crippen LogP contribution in [0.5, 0.6) is 11.5 Å². The van der Waals surface area contributed by atoms with Crippen molar-refractivity contribution in [1.29, 1.82) is 0 Å². The molecule has 1 aromatic heterocycles. The standard InChI is InChI=1S/C13H14N2O2/c1-3-15-8-12(7-14-15)17-13-5-4-10(2)6-11(13)9-16/h4-9H,3H2,1-2H3. The number of carbonyl (C=O) groups excluding carboxylic acids is 1. The summed E-state index contributed by atoms with van der Waals surface area (Å²) >= 11 is 0. The lowest BCUT2D eigenvalue weighted by atomic mass is 10.1. The molecule has 1 heterocycles. The summed E-state index contributed by atoms with van der Waals surface area (Å²) in [6.07, 6.45) is 4.24. The minimum Gasteiger partial charge on any atom is -0.453 e. The maximum atomic E-state index is 10.9. The number of benzene rings is 1. The Morgan fingerprint density at radius 3 is 2.94 bits per heavy atom. The van der Waals surface area contributed by atoms with Gasteiger partial charge in [-0.25, -0.2) is 0 Å². The Morgan fingerprint density at radius 2 is 2.29 bits per heavy atom. The fourth-order valence-corrected chi connectivity index (χ4v) is 1.55. The maximum absolute atomic E-state index is 10.9. The normalized spacial score (nSPS) is 10.2. The number of aldehydes is 1. The van der Waals surface area contributed by atoms with E-state index in [2.05, 4.69) is 5.10 Å². The summed E-state index contributed by atoms with van der Waals surface area (Å²) in [7, 11) is 0. The second-order valence-corrected chi connectivity index (χ2v) is 3.79. The van der Waals surface area contributed by atoms with E-state index in [9.17, 15) is 4.79 Å². The average Bonchev–Trinajstić information content (AvgIpc) is 2.79. The molecule has 0 amide bonds. The highest BCUT2D eigenvalue weighted by atomic mass is 16.5. The molecule has 0 atom stereocenters. The smallest absolute Gasteiger partial charge is 0.165 e. The van der Waals surface area contributed by atoms with Crippen molar-refractivity contribution < 1.29 is 9.53 Å². The first kappa shape index (κ1) is 11.4. The van der Waals surface area contributed by atoms with Crippen LogP contribution in [0.15, 0.2) is 30.6 Å². The minimum absolute atomic E-state index is 0.550. The highest BCUT2D eigenvalue weighted by molar-refractivity contribution is 5.79. The largest absolute Gasteiger partial charge is 0.453 e. The number of hydrogen-bond acceptors (Lipinski definition) is 3. The zero-order chi connectivity index (χ0) is 12.3. The number of hydrogen-bond donors (Lipinski definition) is 0. The number of aryl methyl sites for hydroxylation is 2. The van der Waals surface area contributed by atoms with Gasteiger partial charge >= 0.3 is 0 Å². The number of rotatable bonds is 4. The number of ether oxygens (including phenoxy) is 1. The van der Waals surface area contributed by atoms with Crippen molar-refractivity contribution in [1.82, 2.24) is 9.78 Å². The summed E-state index contributed by atoms with van der Waals surface area (Å²) in [5, 5.41) is 4.11. The molecule has 0 aliphatic carbocycles. The third kappa shape index (κ3) is 2.53. The fourth-order valence-electron chi connectivity index (χ4n) is 1.55. The monoisotopic (exact) mass is 230 g/mol. The molecule has 0 saturated carbocycles. The van der Waals surface area contributed by atoms with Crippen LogP contribution in [0.4, 0.5) is 0 Å². The van der Waals surface area contributed by atoms with Crippen LogP contribution < -0.4 is 4.74 Å². The van der Waals surface area contributed by atoms with Crippen LogP contribution in [-0.2, 0) is 6.54 Å². The molecule has 88 valence electrons. The SMILES string of the molecule is CCn1cc(Oc2ccc(C)cc2C=O)cn1. The Labute approximate surface area is 99.8 Å². The molecule has 4 nitrogen and oxygen atoms in total. The summed E-state index contributed by atoms with van der Waals surface area (Å²) in [6, 6.07) is 5.50. The molecule has 0 saturated heterocycles. The van der Waals surface area contributed by atoms with Gasteiger partial charge in [0.05, 0.1) is 18.0 Å². The Kier molecular flexibility index (Phi) is 3.23. The molecule has 17 heavy (non-hydrogen) atoms. The van der Waals surface area contributed by atoms with Gasteiger partial charge in [0.1, 0.15) is 5.75 Å². The van der Waals surface area contributed by atoms with Crippen molar-refractivity contribution in [3.8, 4) is 11.5 Å². The van der Waals surface area contributed by atoms with Crippen LogP contribution >= 0.6 is 0 Å². The Bertz CT molecular complexity index is 532. The first-order chi connectivity index (χ1) is 8.22. The third-order valence-electron chi connectivity index (χ3n) is 2.45. The second-order valence-electron chi connectivity index (χ2n) is 3.79. The highest BCUT2D eigenvalue weighted by Crippen LogP contribution is 2.24. The van der Waals surface area contributed by atoms with E-state index in [-0.39, 0.29) is 0 Å². The van der Waals surface area contributed by atoms with Crippen LogP contribution in [0.3, 0.4) is 0 Å². The molecule has 1 aromatic carbocycles. The van der Waals surface area contributed by atoms with E-state index in [0.29, 0.717) is 17.1 Å². The van der Waals surface area contributed by atoms with Gasteiger partial charge in [0, 0.05) is 6.54 Å². The van der Waals surface area contributed by atoms with Gasteiger partial charge in [-0.3, -0.25) is 9.48 Å². The summed E-state index contributed by atoms with van der Waals surface area (Å²) in [6.45, 7) is 4.73. The van der Waals surface area contributed by atoms with Gasteiger partial charge < -0.3 is 4.74 Å². The zero-order valence-electron chi connectivity index (χ0n) is 9.88. The molecule has 0 fully saturated rings. The summed E-state index contributed by atoms with van der Waals surface area (Å²) in [5.74, 6) is 1.19. The first-order valence-corrected chi connectivity index (χ1v) is 5.49. The Morgan fingerprint density at radius 1 is 1.47 bits per heavy atom. The van der Waals surface area contributed by atoms with Crippen molar-refractivity contribution >= 4 is 6.29 Å². The van der Waals surface area contributed by atoms with Crippen molar-refractivity contribution in [2.45, 2.75) is 20.4 Å². The fraction of sp³-hybridized carbons (Fsp3) is 0.231. The van der Waals surface area contributed by atoms with Crippen molar-refractivity contribution in [3.05, 3.63) is 41.7 Å². The van der Waals surface area contributed by atoms with Gasteiger partial charge in [0.15, 0.2) is 12.0 Å². The molecular weight excluding hydrogens is 216 g/mol. The van der Waals surface area contributed by atoms with Crippen molar-refractivity contribution in [3.63, 3.8) is 0 Å². The first-order valence-electron chi connectivity index (χ1n) is 5.49. The van der Waals surface area contributed by atoms with Gasteiger partial charge in [-0.2, -0.15) is 5.10 Å². The number of carbonyl (C=O) groups is 1. The van der Waals surface area contributed by atoms with Crippen LogP contribution in [0.1, 0.15) is 22.8 Å². The lowest BCUT2D eigenvalue weighted by Crippen LogP contribution is -1.92. The molecule has 2 rings (SSSR count). The van der Waals surface area contributed by atoms with Crippen LogP contribution in [0.2, 0.25) is 0 Å². The quantitative estimate of drug-likeness (QED) is 0.758. The molecule has 0 bridgehead atoms. The molecule has 2 aromatic rings. The topological polar surface area (TPSA) is 44.1 Å². The average molecular weight is 230 g/mol. The van der Waals surface area contributed by atoms with Crippen LogP contribution in [0.25, 0.3) is 0 Å². The molecular formula is C13H14N2O2. The lowest BCUT2D eigenvalue weighted by molar-refractivity contribution is 0.112. The summed E-state index contributed by atoms with van der Waals surface area (Å²) in [4.78, 5) is 10.9. The van der Waals surface area contributed by atoms with Gasteiger partial charge in [0.25, 0.3) is 0 Å². The van der Waals surface area contributed by atoms with Crippen LogP contribution in [0, 0.1) is 6.92 Å². The van der Waals surface area contributed by atoms with Gasteiger partial charge in [-0.1, -0.05) is 11.6 Å². The van der Waals surface area contributed by atoms with E-state index >= 15 is 0 Å². The molecule has 4 heteroatoms. The number of aromatic nitrogens is 2. The molecule has 0 spiro atoms. The zero-order valence-corrected chi connectivity index (χ0v) is 9.88. The third-order valence-corrected chi connectivity index (χ3v) is 2.45. The molecule has 0 N–H and O–H groups in total. The predicted molar refractivity (Wildman–Crippen MR) is 64.5 cm³/mol. The van der Waals surface area contributed by atoms with Gasteiger partial charge in [-0.15, -0.1) is 0 Å². The van der Waals surface area contributed by atoms with E-state index < -0.39 is 0 Å². The summed E-state index contributed by atoms with van der Waals surface area (Å²) in [5.41, 5.74) is 1.58. The van der Waals surface area contributed by atoms with E-state index in [1.165, 1.54) is 0 Å². The Hall–Kier alpha value is -2.10. The second kappa shape index (κ2) is 4.82. The molecule has 0 unspecified atom stereocenters. The van der Waals surface area contributed by atoms with E-state index in [1.54, 1.807) is 29.2 Å². The molecule has 0 aliphatic heterocycles. The number of nitrogens with zero attached hydrogens (tertiary/aromatic N) is 2. The van der Waals surface area contributed by atoms with Crippen molar-refractivity contribution in [2.24, 2.45) is 0 Å². The van der Waals surface area contributed by atoms with E-state index in [1.807, 2.05) is 19.9 Å². The van der Waals surface area contributed by atoms with Crippen molar-refractivity contribution in [2.75, 3.05) is 0 Å². The molecule has 0 radical (unpaired) electrons. The van der Waals surface area contributed by atoms with Gasteiger partial charge in [0.2, 0.25) is 0 Å². The minimum atomic E-state index is 0.550.